The molecule has 1 amide bonds. The number of hydrogen-bond acceptors (Lipinski definition) is 7. The maximum absolute atomic E-state index is 13.0. The minimum Gasteiger partial charge on any atom is -0.347 e. The van der Waals surface area contributed by atoms with E-state index in [1.165, 1.54) is 0 Å². The smallest absolute Gasteiger partial charge is 0.252 e. The molecule has 1 aromatic carbocycles. The fourth-order valence-corrected chi connectivity index (χ4v) is 4.85. The van der Waals surface area contributed by atoms with E-state index in [2.05, 4.69) is 25.2 Å². The van der Waals surface area contributed by atoms with Gasteiger partial charge in [0.1, 0.15) is 0 Å². The number of nitrogens with zero attached hydrogens (tertiary/aromatic N) is 4. The molecule has 0 spiro atoms. The van der Waals surface area contributed by atoms with E-state index >= 15 is 0 Å². The molecule has 144 valence electrons. The number of thioether (sulfide) groups is 1. The van der Waals surface area contributed by atoms with Crippen molar-refractivity contribution in [2.24, 2.45) is 0 Å². The SMILES string of the molecule is O=C(NC1CCCN(c2ncccn2)C1)c1ccccc1SCc1cscn1. The zero-order valence-electron chi connectivity index (χ0n) is 15.3. The molecule has 28 heavy (non-hydrogen) atoms. The molecule has 8 heteroatoms. The van der Waals surface area contributed by atoms with Gasteiger partial charge in [-0.05, 0) is 31.0 Å². The summed E-state index contributed by atoms with van der Waals surface area (Å²) in [6.45, 7) is 1.64. The maximum Gasteiger partial charge on any atom is 0.252 e. The van der Waals surface area contributed by atoms with Crippen LogP contribution in [0.25, 0.3) is 0 Å². The molecular formula is C20H21N5OS2. The normalized spacial score (nSPS) is 16.7. The molecule has 3 heterocycles. The topological polar surface area (TPSA) is 71.0 Å². The second-order valence-electron chi connectivity index (χ2n) is 6.57. The summed E-state index contributed by atoms with van der Waals surface area (Å²) in [7, 11) is 0. The number of anilines is 1. The summed E-state index contributed by atoms with van der Waals surface area (Å²) < 4.78 is 0. The lowest BCUT2D eigenvalue weighted by atomic mass is 10.1. The summed E-state index contributed by atoms with van der Waals surface area (Å²) in [5.74, 6) is 1.46. The standard InChI is InChI=1S/C20H21N5OS2/c26-19(17-6-1-2-7-18(17)28-13-16-12-27-14-23-16)24-15-5-3-10-25(11-15)20-21-8-4-9-22-20/h1-2,4,6-9,12,14-15H,3,5,10-11,13H2,(H,24,26). The molecule has 4 rings (SSSR count). The van der Waals surface area contributed by atoms with E-state index in [4.69, 9.17) is 0 Å². The van der Waals surface area contributed by atoms with Crippen LogP contribution in [0.15, 0.2) is 58.5 Å². The molecule has 1 unspecified atom stereocenters. The van der Waals surface area contributed by atoms with E-state index in [0.717, 1.165) is 53.8 Å². The van der Waals surface area contributed by atoms with Crippen LogP contribution < -0.4 is 10.2 Å². The number of piperidine rings is 1. The first kappa shape index (κ1) is 18.9. The Bertz CT molecular complexity index is 904. The predicted molar refractivity (Wildman–Crippen MR) is 113 cm³/mol. The van der Waals surface area contributed by atoms with E-state index in [9.17, 15) is 4.79 Å². The molecule has 1 fully saturated rings. The van der Waals surface area contributed by atoms with Crippen molar-refractivity contribution in [3.05, 3.63) is 64.9 Å². The number of aromatic nitrogens is 3. The van der Waals surface area contributed by atoms with Gasteiger partial charge >= 0.3 is 0 Å². The fourth-order valence-electron chi connectivity index (χ4n) is 3.23. The van der Waals surface area contributed by atoms with Crippen LogP contribution in [0.4, 0.5) is 5.95 Å². The Kier molecular flexibility index (Phi) is 6.18. The van der Waals surface area contributed by atoms with Crippen molar-refractivity contribution in [2.45, 2.75) is 29.5 Å². The predicted octanol–water partition coefficient (Wildman–Crippen LogP) is 3.62. The lowest BCUT2D eigenvalue weighted by Gasteiger charge is -2.33. The van der Waals surface area contributed by atoms with Gasteiger partial charge in [-0.1, -0.05) is 12.1 Å². The molecule has 1 N–H and O–H groups in total. The summed E-state index contributed by atoms with van der Waals surface area (Å²) in [6, 6.07) is 9.66. The molecule has 1 atom stereocenters. The Hall–Kier alpha value is -2.45. The Morgan fingerprint density at radius 2 is 2.07 bits per heavy atom. The van der Waals surface area contributed by atoms with Gasteiger partial charge in [-0.25, -0.2) is 15.0 Å². The zero-order valence-corrected chi connectivity index (χ0v) is 17.0. The molecule has 1 aliphatic rings. The Morgan fingerprint density at radius 1 is 1.21 bits per heavy atom. The van der Waals surface area contributed by atoms with Crippen molar-refractivity contribution in [3.8, 4) is 0 Å². The lowest BCUT2D eigenvalue weighted by Crippen LogP contribution is -2.48. The molecule has 2 aromatic heterocycles. The molecule has 0 saturated carbocycles. The lowest BCUT2D eigenvalue weighted by molar-refractivity contribution is 0.0930. The third kappa shape index (κ3) is 4.69. The van der Waals surface area contributed by atoms with E-state index in [0.29, 0.717) is 0 Å². The molecule has 6 nitrogen and oxygen atoms in total. The first-order valence-corrected chi connectivity index (χ1v) is 11.1. The number of nitrogens with one attached hydrogen (secondary N) is 1. The van der Waals surface area contributed by atoms with Gasteiger partial charge in [-0.3, -0.25) is 4.79 Å². The number of thiazole rings is 1. The van der Waals surface area contributed by atoms with Crippen molar-refractivity contribution in [2.75, 3.05) is 18.0 Å². The third-order valence-electron chi connectivity index (χ3n) is 4.58. The van der Waals surface area contributed by atoms with Crippen molar-refractivity contribution in [1.82, 2.24) is 20.3 Å². The first-order chi connectivity index (χ1) is 13.8. The number of carbonyl (C=O) groups is 1. The minimum atomic E-state index is -0.0257. The van der Waals surface area contributed by atoms with Gasteiger partial charge in [0.25, 0.3) is 5.91 Å². The second kappa shape index (κ2) is 9.16. The van der Waals surface area contributed by atoms with E-state index in [-0.39, 0.29) is 11.9 Å². The summed E-state index contributed by atoms with van der Waals surface area (Å²) in [6.07, 6.45) is 5.47. The van der Waals surface area contributed by atoms with Gasteiger partial charge in [0.05, 0.1) is 16.8 Å². The molecule has 0 bridgehead atoms. The van der Waals surface area contributed by atoms with Gasteiger partial charge in [0.15, 0.2) is 0 Å². The van der Waals surface area contributed by atoms with Crippen molar-refractivity contribution in [1.29, 1.82) is 0 Å². The van der Waals surface area contributed by atoms with Gasteiger partial charge < -0.3 is 10.2 Å². The van der Waals surface area contributed by atoms with Gasteiger partial charge in [0.2, 0.25) is 5.95 Å². The van der Waals surface area contributed by atoms with E-state index in [1.807, 2.05) is 41.2 Å². The molecular weight excluding hydrogens is 390 g/mol. The van der Waals surface area contributed by atoms with E-state index < -0.39 is 0 Å². The first-order valence-electron chi connectivity index (χ1n) is 9.21. The summed E-state index contributed by atoms with van der Waals surface area (Å²) in [5.41, 5.74) is 3.59. The van der Waals surface area contributed by atoms with Crippen molar-refractivity contribution >= 4 is 35.0 Å². The van der Waals surface area contributed by atoms with Crippen LogP contribution in [0.1, 0.15) is 28.9 Å². The van der Waals surface area contributed by atoms with Gasteiger partial charge in [-0.15, -0.1) is 23.1 Å². The summed E-state index contributed by atoms with van der Waals surface area (Å²) in [5, 5.41) is 5.25. The number of hydrogen-bond donors (Lipinski definition) is 1. The number of carbonyl (C=O) groups excluding carboxylic acids is 1. The van der Waals surface area contributed by atoms with Crippen LogP contribution in [-0.4, -0.2) is 40.0 Å². The largest absolute Gasteiger partial charge is 0.347 e. The van der Waals surface area contributed by atoms with Crippen LogP contribution in [-0.2, 0) is 5.75 Å². The maximum atomic E-state index is 13.0. The number of rotatable bonds is 6. The highest BCUT2D eigenvalue weighted by Crippen LogP contribution is 2.26. The van der Waals surface area contributed by atoms with Gasteiger partial charge in [0, 0.05) is 47.6 Å². The van der Waals surface area contributed by atoms with Crippen LogP contribution in [0, 0.1) is 0 Å². The van der Waals surface area contributed by atoms with Crippen LogP contribution >= 0.6 is 23.1 Å². The Labute approximate surface area is 172 Å². The van der Waals surface area contributed by atoms with Crippen molar-refractivity contribution < 1.29 is 4.79 Å². The molecule has 1 aliphatic heterocycles. The number of benzene rings is 1. The fraction of sp³-hybridized carbons (Fsp3) is 0.300. The highest BCUT2D eigenvalue weighted by molar-refractivity contribution is 7.98. The Balaban J connectivity index is 1.40. The third-order valence-corrected chi connectivity index (χ3v) is 6.32. The second-order valence-corrected chi connectivity index (χ2v) is 8.31. The quantitative estimate of drug-likeness (QED) is 0.625. The zero-order chi connectivity index (χ0) is 19.2. The summed E-state index contributed by atoms with van der Waals surface area (Å²) in [4.78, 5) is 29.0. The Morgan fingerprint density at radius 3 is 2.89 bits per heavy atom. The molecule has 3 aromatic rings. The molecule has 0 aliphatic carbocycles. The van der Waals surface area contributed by atoms with Crippen molar-refractivity contribution in [3.63, 3.8) is 0 Å². The van der Waals surface area contributed by atoms with Crippen LogP contribution in [0.2, 0.25) is 0 Å². The highest BCUT2D eigenvalue weighted by atomic mass is 32.2. The van der Waals surface area contributed by atoms with E-state index in [1.54, 1.807) is 35.5 Å². The summed E-state index contributed by atoms with van der Waals surface area (Å²) >= 11 is 3.23. The molecule has 0 radical (unpaired) electrons. The van der Waals surface area contributed by atoms with Crippen LogP contribution in [0.3, 0.4) is 0 Å². The van der Waals surface area contributed by atoms with Crippen LogP contribution in [0.5, 0.6) is 0 Å². The number of amides is 1. The average Bonchev–Trinajstić information content (AvgIpc) is 3.27. The molecule has 1 saturated heterocycles. The van der Waals surface area contributed by atoms with Gasteiger partial charge in [-0.2, -0.15) is 0 Å². The minimum absolute atomic E-state index is 0.0257. The highest BCUT2D eigenvalue weighted by Gasteiger charge is 2.24. The monoisotopic (exact) mass is 411 g/mol. The average molecular weight is 412 g/mol.